The highest BCUT2D eigenvalue weighted by molar-refractivity contribution is 6.00. The average Bonchev–Trinajstić information content (AvgIpc) is 2.70. The molecule has 27 heavy (non-hydrogen) atoms. The summed E-state index contributed by atoms with van der Waals surface area (Å²) in [5.41, 5.74) is 0.0174. The van der Waals surface area contributed by atoms with E-state index in [9.17, 15) is 14.8 Å². The lowest BCUT2D eigenvalue weighted by atomic mass is 10.0. The van der Waals surface area contributed by atoms with Crippen molar-refractivity contribution in [3.63, 3.8) is 0 Å². The third kappa shape index (κ3) is 3.05. The Bertz CT molecular complexity index is 1070. The van der Waals surface area contributed by atoms with Crippen molar-refractivity contribution < 1.29 is 24.2 Å². The molecule has 2 aromatic heterocycles. The fourth-order valence-electron chi connectivity index (χ4n) is 2.85. The fraction of sp³-hybridized carbons (Fsp3) is 0.211. The number of methoxy groups -OCH3 is 2. The van der Waals surface area contributed by atoms with Gasteiger partial charge >= 0.3 is 11.5 Å². The summed E-state index contributed by atoms with van der Waals surface area (Å²) in [5.74, 6) is -0.268. The Labute approximate surface area is 154 Å². The van der Waals surface area contributed by atoms with Crippen LogP contribution in [0.5, 0.6) is 11.5 Å². The second-order valence-electron chi connectivity index (χ2n) is 5.54. The number of hydrogen-bond donors (Lipinski definition) is 1. The van der Waals surface area contributed by atoms with E-state index >= 15 is 0 Å². The Kier molecular flexibility index (Phi) is 4.98. The molecule has 0 aliphatic rings. The van der Waals surface area contributed by atoms with Gasteiger partial charge in [-0.15, -0.1) is 4.73 Å². The van der Waals surface area contributed by atoms with Crippen LogP contribution >= 0.6 is 0 Å². The quantitative estimate of drug-likeness (QED) is 0.544. The largest absolute Gasteiger partial charge is 0.496 e. The van der Waals surface area contributed by atoms with E-state index in [0.717, 1.165) is 5.56 Å². The molecule has 0 saturated carbocycles. The molecule has 0 atom stereocenters. The number of hydrogen-bond acceptors (Lipinski definition) is 7. The minimum atomic E-state index is -0.963. The van der Waals surface area contributed by atoms with Crippen LogP contribution in [0, 0.1) is 0 Å². The molecule has 3 aromatic rings. The highest BCUT2D eigenvalue weighted by atomic mass is 16.5. The number of fused-ring (bicyclic) bond motifs is 1. The van der Waals surface area contributed by atoms with Crippen LogP contribution in [0.4, 0.5) is 0 Å². The second-order valence-corrected chi connectivity index (χ2v) is 5.54. The lowest BCUT2D eigenvalue weighted by Gasteiger charge is -2.14. The van der Waals surface area contributed by atoms with Crippen molar-refractivity contribution in [1.82, 2.24) is 9.71 Å². The summed E-state index contributed by atoms with van der Waals surface area (Å²) in [4.78, 5) is 28.8. The molecular weight excluding hydrogens is 352 g/mol. The lowest BCUT2D eigenvalue weighted by Crippen LogP contribution is -2.28. The maximum Gasteiger partial charge on any atom is 0.347 e. The number of esters is 1. The summed E-state index contributed by atoms with van der Waals surface area (Å²) in [6.45, 7) is 1.69. The third-order valence-electron chi connectivity index (χ3n) is 4.05. The predicted molar refractivity (Wildman–Crippen MR) is 97.7 cm³/mol. The Balaban J connectivity index is 2.34. The number of carbonyl (C=O) groups excluding carboxylic acids is 1. The first-order valence-electron chi connectivity index (χ1n) is 8.16. The molecule has 1 aromatic carbocycles. The van der Waals surface area contributed by atoms with Gasteiger partial charge in [0.1, 0.15) is 11.5 Å². The SMILES string of the molecule is CCOC(=O)c1c(OC)c2cc(-c3ccccc3OC)cnc2n(O)c1=O. The molecule has 0 saturated heterocycles. The number of para-hydroxylation sites is 1. The van der Waals surface area contributed by atoms with E-state index in [1.54, 1.807) is 26.2 Å². The molecule has 0 spiro atoms. The Morgan fingerprint density at radius 3 is 2.63 bits per heavy atom. The number of carbonyl (C=O) groups is 1. The van der Waals surface area contributed by atoms with Gasteiger partial charge in [-0.25, -0.2) is 9.78 Å². The van der Waals surface area contributed by atoms with Gasteiger partial charge < -0.3 is 19.4 Å². The number of ether oxygens (including phenoxy) is 3. The molecule has 0 aliphatic carbocycles. The maximum atomic E-state index is 12.4. The minimum absolute atomic E-state index is 0.0111. The van der Waals surface area contributed by atoms with Crippen molar-refractivity contribution in [3.8, 4) is 22.6 Å². The van der Waals surface area contributed by atoms with Crippen LogP contribution in [0.3, 0.4) is 0 Å². The summed E-state index contributed by atoms with van der Waals surface area (Å²) in [6.07, 6.45) is 1.50. The average molecular weight is 370 g/mol. The summed E-state index contributed by atoms with van der Waals surface area (Å²) < 4.78 is 15.9. The maximum absolute atomic E-state index is 12.4. The molecule has 3 rings (SSSR count). The van der Waals surface area contributed by atoms with Crippen molar-refractivity contribution in [1.29, 1.82) is 0 Å². The summed E-state index contributed by atoms with van der Waals surface area (Å²) in [7, 11) is 2.88. The smallest absolute Gasteiger partial charge is 0.347 e. The van der Waals surface area contributed by atoms with E-state index in [2.05, 4.69) is 4.98 Å². The number of benzene rings is 1. The van der Waals surface area contributed by atoms with Gasteiger partial charge in [0.15, 0.2) is 11.2 Å². The molecule has 8 heteroatoms. The van der Waals surface area contributed by atoms with Crippen LogP contribution in [0.25, 0.3) is 22.2 Å². The van der Waals surface area contributed by atoms with E-state index in [0.29, 0.717) is 16.0 Å². The molecule has 0 amide bonds. The highest BCUT2D eigenvalue weighted by Gasteiger charge is 2.25. The van der Waals surface area contributed by atoms with Gasteiger partial charge in [0.05, 0.1) is 26.2 Å². The third-order valence-corrected chi connectivity index (χ3v) is 4.05. The van der Waals surface area contributed by atoms with E-state index in [1.165, 1.54) is 13.3 Å². The molecule has 0 aliphatic heterocycles. The molecule has 1 N–H and O–H groups in total. The van der Waals surface area contributed by atoms with Crippen molar-refractivity contribution in [2.75, 3.05) is 20.8 Å². The number of pyridine rings is 2. The Morgan fingerprint density at radius 2 is 1.96 bits per heavy atom. The second kappa shape index (κ2) is 7.36. The van der Waals surface area contributed by atoms with Crippen LogP contribution in [-0.4, -0.2) is 41.7 Å². The van der Waals surface area contributed by atoms with Gasteiger partial charge in [-0.05, 0) is 19.1 Å². The molecule has 0 bridgehead atoms. The van der Waals surface area contributed by atoms with Crippen molar-refractivity contribution in [3.05, 3.63) is 52.4 Å². The number of aromatic nitrogens is 2. The van der Waals surface area contributed by atoms with Gasteiger partial charge in [-0.3, -0.25) is 4.79 Å². The van der Waals surface area contributed by atoms with Crippen molar-refractivity contribution in [2.45, 2.75) is 6.92 Å². The van der Waals surface area contributed by atoms with Gasteiger partial charge in [0.25, 0.3) is 0 Å². The number of rotatable bonds is 5. The summed E-state index contributed by atoms with van der Waals surface area (Å²) in [6, 6.07) is 8.98. The van der Waals surface area contributed by atoms with Gasteiger partial charge in [0.2, 0.25) is 0 Å². The first-order chi connectivity index (χ1) is 13.0. The first kappa shape index (κ1) is 18.2. The summed E-state index contributed by atoms with van der Waals surface area (Å²) >= 11 is 0. The van der Waals surface area contributed by atoms with Crippen molar-refractivity contribution >= 4 is 17.0 Å². The topological polar surface area (TPSA) is 99.9 Å². The molecular formula is C19H18N2O6. The van der Waals surface area contributed by atoms with E-state index in [1.807, 2.05) is 18.2 Å². The molecule has 0 fully saturated rings. The Morgan fingerprint density at radius 1 is 1.22 bits per heavy atom. The zero-order chi connectivity index (χ0) is 19.6. The van der Waals surface area contributed by atoms with Crippen LogP contribution in [0.1, 0.15) is 17.3 Å². The van der Waals surface area contributed by atoms with Crippen LogP contribution < -0.4 is 15.0 Å². The van der Waals surface area contributed by atoms with Crippen LogP contribution in [-0.2, 0) is 4.74 Å². The number of nitrogens with zero attached hydrogens (tertiary/aromatic N) is 2. The summed E-state index contributed by atoms with van der Waals surface area (Å²) in [5, 5.41) is 10.5. The normalized spacial score (nSPS) is 10.6. The Hall–Kier alpha value is -3.55. The van der Waals surface area contributed by atoms with E-state index in [4.69, 9.17) is 14.2 Å². The van der Waals surface area contributed by atoms with Gasteiger partial charge in [-0.2, -0.15) is 0 Å². The highest BCUT2D eigenvalue weighted by Crippen LogP contribution is 2.34. The monoisotopic (exact) mass is 370 g/mol. The zero-order valence-corrected chi connectivity index (χ0v) is 15.1. The zero-order valence-electron chi connectivity index (χ0n) is 15.1. The minimum Gasteiger partial charge on any atom is -0.496 e. The van der Waals surface area contributed by atoms with Gasteiger partial charge in [0, 0.05) is 17.3 Å². The molecule has 140 valence electrons. The molecule has 2 heterocycles. The van der Waals surface area contributed by atoms with Gasteiger partial charge in [-0.1, -0.05) is 18.2 Å². The molecule has 0 radical (unpaired) electrons. The lowest BCUT2D eigenvalue weighted by molar-refractivity contribution is 0.0515. The van der Waals surface area contributed by atoms with Crippen molar-refractivity contribution in [2.24, 2.45) is 0 Å². The first-order valence-corrected chi connectivity index (χ1v) is 8.16. The van der Waals surface area contributed by atoms with Crippen LogP contribution in [0.15, 0.2) is 41.3 Å². The van der Waals surface area contributed by atoms with E-state index < -0.39 is 17.1 Å². The standard InChI is InChI=1S/C19H18N2O6/c1-4-27-19(23)15-16(26-3)13-9-11(10-20-17(13)21(24)18(15)22)12-7-5-6-8-14(12)25-2/h5-10,24H,4H2,1-3H3. The molecule has 8 nitrogen and oxygen atoms in total. The fourth-order valence-corrected chi connectivity index (χ4v) is 2.85. The van der Waals surface area contributed by atoms with Crippen LogP contribution in [0.2, 0.25) is 0 Å². The molecule has 0 unspecified atom stereocenters. The predicted octanol–water partition coefficient (Wildman–Crippen LogP) is 2.49. The van der Waals surface area contributed by atoms with E-state index in [-0.39, 0.29) is 23.4 Å².